The molecule has 0 unspecified atom stereocenters. The van der Waals surface area contributed by atoms with Gasteiger partial charge in [0.2, 0.25) is 5.91 Å². The van der Waals surface area contributed by atoms with Crippen LogP contribution in [0.25, 0.3) is 0 Å². The maximum Gasteiger partial charge on any atom is 0.321 e. The highest BCUT2D eigenvalue weighted by Crippen LogP contribution is 2.33. The maximum absolute atomic E-state index is 13.7. The number of carbonyl (C=O) groups is 2. The van der Waals surface area contributed by atoms with Crippen LogP contribution < -0.4 is 10.1 Å². The van der Waals surface area contributed by atoms with Gasteiger partial charge in [0.15, 0.2) is 0 Å². The lowest BCUT2D eigenvalue weighted by Gasteiger charge is -2.39. The van der Waals surface area contributed by atoms with Crippen molar-refractivity contribution in [2.75, 3.05) is 45.3 Å². The summed E-state index contributed by atoms with van der Waals surface area (Å²) in [7, 11) is 1.60. The van der Waals surface area contributed by atoms with Gasteiger partial charge in [-0.3, -0.25) is 4.79 Å². The summed E-state index contributed by atoms with van der Waals surface area (Å²) in [5.74, 6) is 1.11. The van der Waals surface area contributed by atoms with Gasteiger partial charge in [-0.15, -0.1) is 0 Å². The van der Waals surface area contributed by atoms with Gasteiger partial charge >= 0.3 is 6.03 Å². The normalized spacial score (nSPS) is 24.5. The minimum absolute atomic E-state index is 0.0538. The lowest BCUT2D eigenvalue weighted by atomic mass is 9.80. The number of hydrogen-bond acceptors (Lipinski definition) is 5. The third kappa shape index (κ3) is 7.96. The zero-order valence-corrected chi connectivity index (χ0v) is 23.5. The number of nitrogens with one attached hydrogen (secondary N) is 1. The molecular weight excluding hydrogens is 494 g/mol. The standard InChI is InChI=1S/C31H43N3O5/c1-31(2)22-39-16-8-11-25-20-33(30(37)32-26-12-7-13-27(18-26)38-3)15-14-24(25)17-29(36)34(21-28(31)35)19-23-9-5-4-6-10-23/h4-7,9-10,12-13,18,24-25,28,35H,8,11,14-17,19-22H2,1-3H3,(H,32,37)/t24-,25-,28-/m0/s1. The van der Waals surface area contributed by atoms with Crippen LogP contribution in [0, 0.1) is 17.3 Å². The third-order valence-corrected chi connectivity index (χ3v) is 8.14. The molecule has 4 rings (SSSR count). The molecular formula is C31H43N3O5. The predicted molar refractivity (Wildman–Crippen MR) is 151 cm³/mol. The largest absolute Gasteiger partial charge is 0.497 e. The highest BCUT2D eigenvalue weighted by atomic mass is 16.5. The van der Waals surface area contributed by atoms with Gasteiger partial charge in [0.25, 0.3) is 0 Å². The van der Waals surface area contributed by atoms with Crippen LogP contribution in [-0.2, 0) is 16.1 Å². The Labute approximate surface area is 232 Å². The molecule has 0 aromatic heterocycles. The Morgan fingerprint density at radius 1 is 1.10 bits per heavy atom. The number of aliphatic hydroxyl groups excluding tert-OH is 1. The number of ether oxygens (including phenoxy) is 2. The predicted octanol–water partition coefficient (Wildman–Crippen LogP) is 4.78. The molecule has 2 aliphatic heterocycles. The average Bonchev–Trinajstić information content (AvgIpc) is 2.93. The van der Waals surface area contributed by atoms with Gasteiger partial charge in [0.05, 0.1) is 19.8 Å². The Morgan fingerprint density at radius 3 is 2.67 bits per heavy atom. The molecule has 2 aromatic rings. The van der Waals surface area contributed by atoms with Gasteiger partial charge in [0.1, 0.15) is 5.75 Å². The Hall–Kier alpha value is -3.10. The molecule has 3 amide bonds. The first-order valence-electron chi connectivity index (χ1n) is 14.0. The second-order valence-electron chi connectivity index (χ2n) is 11.6. The number of likely N-dealkylation sites (tertiary alicyclic amines) is 1. The van der Waals surface area contributed by atoms with Gasteiger partial charge in [-0.2, -0.15) is 0 Å². The molecule has 0 bridgehead atoms. The molecule has 3 atom stereocenters. The number of rotatable bonds is 4. The summed E-state index contributed by atoms with van der Waals surface area (Å²) in [6, 6.07) is 17.1. The van der Waals surface area contributed by atoms with Crippen molar-refractivity contribution >= 4 is 17.6 Å². The van der Waals surface area contributed by atoms with Crippen LogP contribution in [-0.4, -0.2) is 72.9 Å². The number of fused-ring (bicyclic) bond motifs is 1. The average molecular weight is 538 g/mol. The monoisotopic (exact) mass is 537 g/mol. The molecule has 8 heteroatoms. The number of urea groups is 1. The Balaban J connectivity index is 1.48. The molecule has 2 aliphatic rings. The summed E-state index contributed by atoms with van der Waals surface area (Å²) >= 11 is 0. The van der Waals surface area contributed by atoms with Crippen molar-refractivity contribution < 1.29 is 24.2 Å². The fourth-order valence-electron chi connectivity index (χ4n) is 5.51. The quantitative estimate of drug-likeness (QED) is 0.586. The summed E-state index contributed by atoms with van der Waals surface area (Å²) in [6.07, 6.45) is 2.19. The minimum Gasteiger partial charge on any atom is -0.497 e. The molecule has 2 heterocycles. The van der Waals surface area contributed by atoms with Crippen LogP contribution in [0.4, 0.5) is 10.5 Å². The molecule has 8 nitrogen and oxygen atoms in total. The topological polar surface area (TPSA) is 91.3 Å². The van der Waals surface area contributed by atoms with Crippen molar-refractivity contribution in [3.63, 3.8) is 0 Å². The summed E-state index contributed by atoms with van der Waals surface area (Å²) in [6.45, 7) is 6.90. The van der Waals surface area contributed by atoms with Crippen LogP contribution in [0.5, 0.6) is 5.75 Å². The van der Waals surface area contributed by atoms with Gasteiger partial charge in [0, 0.05) is 56.4 Å². The van der Waals surface area contributed by atoms with Crippen molar-refractivity contribution in [1.29, 1.82) is 0 Å². The van der Waals surface area contributed by atoms with Crippen molar-refractivity contribution in [1.82, 2.24) is 9.80 Å². The van der Waals surface area contributed by atoms with E-state index >= 15 is 0 Å². The first kappa shape index (κ1) is 28.9. The van der Waals surface area contributed by atoms with E-state index in [1.807, 2.05) is 67.3 Å². The molecule has 2 saturated heterocycles. The number of methoxy groups -OCH3 is 1. The molecule has 2 fully saturated rings. The Kier molecular flexibility index (Phi) is 9.86. The van der Waals surface area contributed by atoms with E-state index in [9.17, 15) is 14.7 Å². The zero-order valence-electron chi connectivity index (χ0n) is 23.5. The second kappa shape index (κ2) is 13.3. The van der Waals surface area contributed by atoms with Crippen LogP contribution in [0.3, 0.4) is 0 Å². The van der Waals surface area contributed by atoms with Crippen molar-refractivity contribution in [3.05, 3.63) is 60.2 Å². The summed E-state index contributed by atoms with van der Waals surface area (Å²) in [5.41, 5.74) is 1.25. The summed E-state index contributed by atoms with van der Waals surface area (Å²) in [4.78, 5) is 30.5. The number of aliphatic hydroxyl groups is 1. The van der Waals surface area contributed by atoms with Crippen LogP contribution >= 0.6 is 0 Å². The first-order chi connectivity index (χ1) is 18.7. The minimum atomic E-state index is -0.705. The molecule has 0 saturated carbocycles. The number of amides is 3. The number of nitrogens with zero attached hydrogens (tertiary/aromatic N) is 2. The van der Waals surface area contributed by atoms with Gasteiger partial charge in [-0.05, 0) is 48.8 Å². The van der Waals surface area contributed by atoms with E-state index in [-0.39, 0.29) is 30.3 Å². The van der Waals surface area contributed by atoms with Gasteiger partial charge in [-0.1, -0.05) is 50.2 Å². The van der Waals surface area contributed by atoms with Crippen molar-refractivity contribution in [3.8, 4) is 5.75 Å². The van der Waals surface area contributed by atoms with Crippen LogP contribution in [0.15, 0.2) is 54.6 Å². The highest BCUT2D eigenvalue weighted by Gasteiger charge is 2.36. The number of hydrogen-bond donors (Lipinski definition) is 2. The Morgan fingerprint density at radius 2 is 1.90 bits per heavy atom. The van der Waals surface area contributed by atoms with Crippen LogP contribution in [0.2, 0.25) is 0 Å². The molecule has 0 aliphatic carbocycles. The second-order valence-corrected chi connectivity index (χ2v) is 11.6. The van der Waals surface area contributed by atoms with E-state index in [1.54, 1.807) is 18.1 Å². The van der Waals surface area contributed by atoms with E-state index in [0.29, 0.717) is 50.7 Å². The zero-order chi connectivity index (χ0) is 27.8. The first-order valence-corrected chi connectivity index (χ1v) is 14.0. The highest BCUT2D eigenvalue weighted by molar-refractivity contribution is 5.89. The van der Waals surface area contributed by atoms with Gasteiger partial charge in [-0.25, -0.2) is 4.79 Å². The molecule has 2 N–H and O–H groups in total. The molecule has 0 radical (unpaired) electrons. The van der Waals surface area contributed by atoms with Crippen LogP contribution in [0.1, 0.15) is 45.1 Å². The van der Waals surface area contributed by atoms with E-state index in [2.05, 4.69) is 5.32 Å². The van der Waals surface area contributed by atoms with E-state index in [4.69, 9.17) is 9.47 Å². The lowest BCUT2D eigenvalue weighted by molar-refractivity contribution is -0.137. The van der Waals surface area contributed by atoms with E-state index in [1.165, 1.54) is 0 Å². The number of piperidine rings is 1. The smallest absolute Gasteiger partial charge is 0.321 e. The number of β-amino-alcohol motifs (C(OH)–C–C–N with tert-alkyl or cyclic N) is 1. The third-order valence-electron chi connectivity index (χ3n) is 8.14. The van der Waals surface area contributed by atoms with Gasteiger partial charge < -0.3 is 29.7 Å². The molecule has 0 spiro atoms. The number of carbonyl (C=O) groups excluding carboxylic acids is 2. The fraction of sp³-hybridized carbons (Fsp3) is 0.548. The maximum atomic E-state index is 13.7. The van der Waals surface area contributed by atoms with E-state index in [0.717, 1.165) is 24.8 Å². The molecule has 39 heavy (non-hydrogen) atoms. The SMILES string of the molecule is COc1cccc(NC(=O)N2CC[C@H]3CC(=O)N(Cc4ccccc4)C[C@H](O)C(C)(C)COCCC[C@H]3C2)c1. The summed E-state index contributed by atoms with van der Waals surface area (Å²) < 4.78 is 11.3. The molecule has 2 aromatic carbocycles. The molecule has 212 valence electrons. The summed E-state index contributed by atoms with van der Waals surface area (Å²) in [5, 5.41) is 14.1. The lowest BCUT2D eigenvalue weighted by Crippen LogP contribution is -2.48. The number of benzene rings is 2. The van der Waals surface area contributed by atoms with Crippen molar-refractivity contribution in [2.45, 2.75) is 52.2 Å². The fourth-order valence-corrected chi connectivity index (χ4v) is 5.51. The number of anilines is 1. The Bertz CT molecular complexity index is 1090. The van der Waals surface area contributed by atoms with E-state index < -0.39 is 11.5 Å². The van der Waals surface area contributed by atoms with Crippen molar-refractivity contribution in [2.24, 2.45) is 17.3 Å².